The molecule has 0 bridgehead atoms. The lowest BCUT2D eigenvalue weighted by Crippen LogP contribution is -2.40. The first-order chi connectivity index (χ1) is 10.1. The molecule has 2 rings (SSSR count). The number of halogens is 1. The van der Waals surface area contributed by atoms with Gasteiger partial charge in [0.05, 0.1) is 5.56 Å². The Morgan fingerprint density at radius 2 is 2.24 bits per heavy atom. The zero-order valence-corrected chi connectivity index (χ0v) is 13.0. The van der Waals surface area contributed by atoms with Gasteiger partial charge in [0.1, 0.15) is 0 Å². The number of likely N-dealkylation sites (tertiary alicyclic amines) is 1. The molecule has 1 aromatic heterocycles. The highest BCUT2D eigenvalue weighted by atomic mass is 19.1. The molecule has 0 aromatic carbocycles. The van der Waals surface area contributed by atoms with Crippen molar-refractivity contribution in [2.75, 3.05) is 11.9 Å². The average molecular weight is 293 g/mol. The Morgan fingerprint density at radius 1 is 1.48 bits per heavy atom. The van der Waals surface area contributed by atoms with Crippen molar-refractivity contribution < 1.29 is 9.18 Å². The summed E-state index contributed by atoms with van der Waals surface area (Å²) in [7, 11) is 0. The number of nitrogens with zero attached hydrogens (tertiary/aromatic N) is 2. The van der Waals surface area contributed by atoms with E-state index < -0.39 is 5.82 Å². The lowest BCUT2D eigenvalue weighted by molar-refractivity contribution is 0.0671. The summed E-state index contributed by atoms with van der Waals surface area (Å²) in [6.45, 7) is 6.74. The van der Waals surface area contributed by atoms with Gasteiger partial charge in [-0.15, -0.1) is 0 Å². The van der Waals surface area contributed by atoms with Crippen LogP contribution in [0.4, 0.5) is 10.2 Å². The number of rotatable bonds is 5. The zero-order valence-electron chi connectivity index (χ0n) is 13.0. The second-order valence-electron chi connectivity index (χ2n) is 5.65. The van der Waals surface area contributed by atoms with Crippen molar-refractivity contribution in [1.29, 1.82) is 0 Å². The quantitative estimate of drug-likeness (QED) is 0.904. The predicted octanol–water partition coefficient (Wildman–Crippen LogP) is 3.45. The van der Waals surface area contributed by atoms with Crippen molar-refractivity contribution >= 4 is 11.7 Å². The summed E-state index contributed by atoms with van der Waals surface area (Å²) in [5.74, 6) is -0.584. The predicted molar refractivity (Wildman–Crippen MR) is 81.9 cm³/mol. The molecule has 2 atom stereocenters. The molecule has 4 nitrogen and oxygen atoms in total. The standard InChI is InChI=1S/C16H24FN3O/c1-4-9-18-15-14(17)13(8-10-19-15)16(21)20-11(3)6-7-12(20)5-2/h8,10-12H,4-7,9H2,1-3H3,(H,18,19). The van der Waals surface area contributed by atoms with Gasteiger partial charge in [0.25, 0.3) is 5.91 Å². The van der Waals surface area contributed by atoms with Crippen LogP contribution in [-0.2, 0) is 0 Å². The van der Waals surface area contributed by atoms with Gasteiger partial charge in [0.15, 0.2) is 11.6 Å². The van der Waals surface area contributed by atoms with Crippen LogP contribution >= 0.6 is 0 Å². The third-order valence-electron chi connectivity index (χ3n) is 4.15. The Balaban J connectivity index is 2.26. The molecule has 1 aromatic rings. The van der Waals surface area contributed by atoms with Gasteiger partial charge in [-0.2, -0.15) is 0 Å². The Kier molecular flexibility index (Phi) is 5.15. The summed E-state index contributed by atoms with van der Waals surface area (Å²) in [6.07, 6.45) is 5.26. The maximum absolute atomic E-state index is 14.5. The minimum atomic E-state index is -0.537. The molecule has 1 aliphatic heterocycles. The van der Waals surface area contributed by atoms with Gasteiger partial charge in [-0.05, 0) is 38.7 Å². The third-order valence-corrected chi connectivity index (χ3v) is 4.15. The number of anilines is 1. The van der Waals surface area contributed by atoms with Crippen molar-refractivity contribution in [1.82, 2.24) is 9.88 Å². The molecular formula is C16H24FN3O. The van der Waals surface area contributed by atoms with Gasteiger partial charge < -0.3 is 10.2 Å². The largest absolute Gasteiger partial charge is 0.368 e. The molecule has 0 spiro atoms. The molecule has 1 amide bonds. The van der Waals surface area contributed by atoms with E-state index in [1.807, 2.05) is 18.7 Å². The van der Waals surface area contributed by atoms with Gasteiger partial charge in [0.2, 0.25) is 0 Å². The van der Waals surface area contributed by atoms with Crippen LogP contribution in [-0.4, -0.2) is 34.4 Å². The van der Waals surface area contributed by atoms with Crippen LogP contribution < -0.4 is 5.32 Å². The number of amides is 1. The van der Waals surface area contributed by atoms with E-state index in [2.05, 4.69) is 17.2 Å². The zero-order chi connectivity index (χ0) is 15.4. The van der Waals surface area contributed by atoms with Crippen LogP contribution in [0.3, 0.4) is 0 Å². The van der Waals surface area contributed by atoms with E-state index in [1.54, 1.807) is 0 Å². The Bertz CT molecular complexity index is 506. The first-order valence-corrected chi connectivity index (χ1v) is 7.81. The highest BCUT2D eigenvalue weighted by Crippen LogP contribution is 2.29. The van der Waals surface area contributed by atoms with Crippen molar-refractivity contribution in [2.24, 2.45) is 0 Å². The number of aromatic nitrogens is 1. The molecule has 0 saturated carbocycles. The molecular weight excluding hydrogens is 269 g/mol. The first kappa shape index (κ1) is 15.7. The summed E-state index contributed by atoms with van der Waals surface area (Å²) < 4.78 is 14.5. The maximum Gasteiger partial charge on any atom is 0.257 e. The fraction of sp³-hybridized carbons (Fsp3) is 0.625. The van der Waals surface area contributed by atoms with Crippen LogP contribution in [0, 0.1) is 5.82 Å². The molecule has 0 radical (unpaired) electrons. The molecule has 21 heavy (non-hydrogen) atoms. The van der Waals surface area contributed by atoms with Gasteiger partial charge in [-0.25, -0.2) is 9.37 Å². The second kappa shape index (κ2) is 6.87. The van der Waals surface area contributed by atoms with E-state index in [1.165, 1.54) is 12.3 Å². The van der Waals surface area contributed by atoms with Crippen molar-refractivity contribution in [3.8, 4) is 0 Å². The minimum absolute atomic E-state index is 0.121. The van der Waals surface area contributed by atoms with Crippen molar-refractivity contribution in [3.63, 3.8) is 0 Å². The monoisotopic (exact) mass is 293 g/mol. The third kappa shape index (κ3) is 3.17. The molecule has 1 aliphatic rings. The molecule has 1 saturated heterocycles. The Morgan fingerprint density at radius 3 is 2.90 bits per heavy atom. The van der Waals surface area contributed by atoms with Gasteiger partial charge >= 0.3 is 0 Å². The van der Waals surface area contributed by atoms with E-state index in [9.17, 15) is 9.18 Å². The van der Waals surface area contributed by atoms with Crippen LogP contribution in [0.5, 0.6) is 0 Å². The number of hydrogen-bond acceptors (Lipinski definition) is 3. The summed E-state index contributed by atoms with van der Waals surface area (Å²) in [5, 5.41) is 2.93. The number of nitrogens with one attached hydrogen (secondary N) is 1. The summed E-state index contributed by atoms with van der Waals surface area (Å²) in [6, 6.07) is 1.86. The smallest absolute Gasteiger partial charge is 0.257 e. The second-order valence-corrected chi connectivity index (χ2v) is 5.65. The van der Waals surface area contributed by atoms with E-state index >= 15 is 0 Å². The number of pyridine rings is 1. The van der Waals surface area contributed by atoms with Crippen LogP contribution in [0.15, 0.2) is 12.3 Å². The molecule has 116 valence electrons. The van der Waals surface area contributed by atoms with E-state index in [0.717, 1.165) is 25.7 Å². The van der Waals surface area contributed by atoms with E-state index in [-0.39, 0.29) is 29.4 Å². The topological polar surface area (TPSA) is 45.2 Å². The van der Waals surface area contributed by atoms with Crippen LogP contribution in [0.2, 0.25) is 0 Å². The normalized spacial score (nSPS) is 21.6. The van der Waals surface area contributed by atoms with Crippen LogP contribution in [0.25, 0.3) is 0 Å². The van der Waals surface area contributed by atoms with Gasteiger partial charge in [-0.3, -0.25) is 4.79 Å². The Hall–Kier alpha value is -1.65. The number of hydrogen-bond donors (Lipinski definition) is 1. The number of carbonyl (C=O) groups is 1. The van der Waals surface area contributed by atoms with Crippen molar-refractivity contribution in [2.45, 2.75) is 58.5 Å². The lowest BCUT2D eigenvalue weighted by atomic mass is 10.1. The van der Waals surface area contributed by atoms with Gasteiger partial charge in [0, 0.05) is 24.8 Å². The molecule has 1 N–H and O–H groups in total. The van der Waals surface area contributed by atoms with Gasteiger partial charge in [-0.1, -0.05) is 13.8 Å². The Labute approximate surface area is 125 Å². The lowest BCUT2D eigenvalue weighted by Gasteiger charge is -2.28. The fourth-order valence-corrected chi connectivity index (χ4v) is 2.95. The van der Waals surface area contributed by atoms with E-state index in [0.29, 0.717) is 6.54 Å². The molecule has 0 aliphatic carbocycles. The molecule has 1 fully saturated rings. The SMILES string of the molecule is CCCNc1nccc(C(=O)N2C(C)CCC2CC)c1F. The highest BCUT2D eigenvalue weighted by molar-refractivity contribution is 5.95. The van der Waals surface area contributed by atoms with E-state index in [4.69, 9.17) is 0 Å². The summed E-state index contributed by atoms with van der Waals surface area (Å²) in [5.41, 5.74) is 0.121. The summed E-state index contributed by atoms with van der Waals surface area (Å²) in [4.78, 5) is 18.5. The highest BCUT2D eigenvalue weighted by Gasteiger charge is 2.35. The summed E-state index contributed by atoms with van der Waals surface area (Å²) >= 11 is 0. The minimum Gasteiger partial charge on any atom is -0.368 e. The van der Waals surface area contributed by atoms with Crippen molar-refractivity contribution in [3.05, 3.63) is 23.6 Å². The fourth-order valence-electron chi connectivity index (χ4n) is 2.95. The molecule has 5 heteroatoms. The van der Waals surface area contributed by atoms with Crippen LogP contribution in [0.1, 0.15) is 56.8 Å². The molecule has 2 unspecified atom stereocenters. The first-order valence-electron chi connectivity index (χ1n) is 7.81. The average Bonchev–Trinajstić information content (AvgIpc) is 2.86. The molecule has 2 heterocycles. The maximum atomic E-state index is 14.5. The number of carbonyl (C=O) groups excluding carboxylic acids is 1.